The number of aromatic nitrogens is 1. The predicted octanol–water partition coefficient (Wildman–Crippen LogP) is 3.67. The minimum atomic E-state index is -0.634. The fourth-order valence-corrected chi connectivity index (χ4v) is 3.79. The molecule has 1 aliphatic carbocycles. The van der Waals surface area contributed by atoms with Crippen molar-refractivity contribution in [1.29, 1.82) is 0 Å². The molecule has 4 heteroatoms. The van der Waals surface area contributed by atoms with Crippen molar-refractivity contribution in [3.8, 4) is 0 Å². The van der Waals surface area contributed by atoms with Gasteiger partial charge in [-0.2, -0.15) is 0 Å². The van der Waals surface area contributed by atoms with Crippen molar-refractivity contribution in [1.82, 2.24) is 4.98 Å². The van der Waals surface area contributed by atoms with Crippen molar-refractivity contribution in [2.24, 2.45) is 11.3 Å². The number of nitrogens with zero attached hydrogens (tertiary/aromatic N) is 1. The molecule has 0 bridgehead atoms. The Bertz CT molecular complexity index is 419. The van der Waals surface area contributed by atoms with Gasteiger partial charge in [-0.3, -0.25) is 4.79 Å². The van der Waals surface area contributed by atoms with E-state index >= 15 is 0 Å². The maximum atomic E-state index is 11.7. The zero-order valence-electron chi connectivity index (χ0n) is 11.1. The number of rotatable bonds is 4. The number of thiazole rings is 1. The Balaban J connectivity index is 2.11. The van der Waals surface area contributed by atoms with Gasteiger partial charge in [0.1, 0.15) is 0 Å². The fraction of sp³-hybridized carbons (Fsp3) is 0.714. The highest BCUT2D eigenvalue weighted by Gasteiger charge is 2.42. The molecule has 0 unspecified atom stereocenters. The highest BCUT2D eigenvalue weighted by Crippen LogP contribution is 2.43. The molecule has 1 saturated carbocycles. The molecule has 1 heterocycles. The van der Waals surface area contributed by atoms with Crippen molar-refractivity contribution in [3.63, 3.8) is 0 Å². The van der Waals surface area contributed by atoms with Crippen LogP contribution in [0.15, 0.2) is 5.38 Å². The first-order chi connectivity index (χ1) is 8.55. The van der Waals surface area contributed by atoms with Crippen molar-refractivity contribution in [3.05, 3.63) is 16.1 Å². The Morgan fingerprint density at radius 3 is 2.67 bits per heavy atom. The van der Waals surface area contributed by atoms with E-state index in [1.807, 2.05) is 12.3 Å². The fourth-order valence-electron chi connectivity index (χ4n) is 2.88. The van der Waals surface area contributed by atoms with Crippen LogP contribution in [0, 0.1) is 18.3 Å². The van der Waals surface area contributed by atoms with E-state index in [-0.39, 0.29) is 0 Å². The molecule has 1 N–H and O–H groups in total. The summed E-state index contributed by atoms with van der Waals surface area (Å²) in [6.07, 6.45) is 5.49. The van der Waals surface area contributed by atoms with Crippen LogP contribution in [0.3, 0.4) is 0 Å². The summed E-state index contributed by atoms with van der Waals surface area (Å²) in [6, 6.07) is 0. The number of hydrogen-bond donors (Lipinski definition) is 1. The van der Waals surface area contributed by atoms with Crippen LogP contribution in [0.5, 0.6) is 0 Å². The minimum Gasteiger partial charge on any atom is -0.481 e. The lowest BCUT2D eigenvalue weighted by Gasteiger charge is -2.36. The molecule has 3 nitrogen and oxygen atoms in total. The molecule has 18 heavy (non-hydrogen) atoms. The molecule has 100 valence electrons. The molecule has 0 spiro atoms. The normalized spacial score (nSPS) is 28.2. The minimum absolute atomic E-state index is 0.560. The standard InChI is InChI=1S/C14H21NO2S/c1-3-11-4-6-14(7-5-11,13(16)17)8-12-15-10(2)9-18-12/h9,11H,3-8H2,1-2H3,(H,16,17). The summed E-state index contributed by atoms with van der Waals surface area (Å²) >= 11 is 1.59. The molecule has 1 aromatic rings. The second-order valence-electron chi connectivity index (χ2n) is 5.50. The van der Waals surface area contributed by atoms with Gasteiger partial charge in [0.2, 0.25) is 0 Å². The molecule has 1 fully saturated rings. The molecule has 0 saturated heterocycles. The summed E-state index contributed by atoms with van der Waals surface area (Å²) in [4.78, 5) is 16.1. The Morgan fingerprint density at radius 2 is 2.22 bits per heavy atom. The number of aryl methyl sites for hydroxylation is 1. The van der Waals surface area contributed by atoms with Crippen molar-refractivity contribution in [2.45, 2.75) is 52.4 Å². The van der Waals surface area contributed by atoms with Gasteiger partial charge in [0, 0.05) is 17.5 Å². The van der Waals surface area contributed by atoms with Gasteiger partial charge in [-0.1, -0.05) is 13.3 Å². The summed E-state index contributed by atoms with van der Waals surface area (Å²) in [5.41, 5.74) is 0.438. The Hall–Kier alpha value is -0.900. The molecule has 0 aliphatic heterocycles. The number of aliphatic carboxylic acids is 1. The Labute approximate surface area is 112 Å². The molecule has 0 atom stereocenters. The first kappa shape index (κ1) is 13.5. The Morgan fingerprint density at radius 1 is 1.56 bits per heavy atom. The van der Waals surface area contributed by atoms with E-state index in [1.165, 1.54) is 6.42 Å². The van der Waals surface area contributed by atoms with Crippen LogP contribution in [0.4, 0.5) is 0 Å². The lowest BCUT2D eigenvalue weighted by atomic mass is 9.68. The van der Waals surface area contributed by atoms with E-state index < -0.39 is 11.4 Å². The second kappa shape index (κ2) is 5.39. The van der Waals surface area contributed by atoms with Gasteiger partial charge in [-0.05, 0) is 38.5 Å². The molecule has 0 aromatic carbocycles. The van der Waals surface area contributed by atoms with E-state index in [0.717, 1.165) is 42.3 Å². The van der Waals surface area contributed by atoms with Crippen LogP contribution in [-0.4, -0.2) is 16.1 Å². The molecular weight excluding hydrogens is 246 g/mol. The van der Waals surface area contributed by atoms with Crippen LogP contribution >= 0.6 is 11.3 Å². The second-order valence-corrected chi connectivity index (χ2v) is 6.44. The molecule has 2 rings (SSSR count). The lowest BCUT2D eigenvalue weighted by Crippen LogP contribution is -2.37. The monoisotopic (exact) mass is 267 g/mol. The SMILES string of the molecule is CCC1CCC(Cc2nc(C)cs2)(C(=O)O)CC1. The van der Waals surface area contributed by atoms with E-state index in [2.05, 4.69) is 11.9 Å². The van der Waals surface area contributed by atoms with Crippen LogP contribution in [0.1, 0.15) is 49.7 Å². The summed E-state index contributed by atoms with van der Waals surface area (Å²) in [6.45, 7) is 4.16. The third kappa shape index (κ3) is 2.74. The zero-order chi connectivity index (χ0) is 13.2. The summed E-state index contributed by atoms with van der Waals surface area (Å²) in [5, 5.41) is 12.6. The molecule has 1 aromatic heterocycles. The summed E-state index contributed by atoms with van der Waals surface area (Å²) in [7, 11) is 0. The lowest BCUT2D eigenvalue weighted by molar-refractivity contribution is -0.151. The maximum Gasteiger partial charge on any atom is 0.310 e. The molecular formula is C14H21NO2S. The number of hydrogen-bond acceptors (Lipinski definition) is 3. The van der Waals surface area contributed by atoms with Gasteiger partial charge < -0.3 is 5.11 Å². The quantitative estimate of drug-likeness (QED) is 0.905. The smallest absolute Gasteiger partial charge is 0.310 e. The highest BCUT2D eigenvalue weighted by atomic mass is 32.1. The van der Waals surface area contributed by atoms with Crippen molar-refractivity contribution >= 4 is 17.3 Å². The predicted molar refractivity (Wildman–Crippen MR) is 72.9 cm³/mol. The average molecular weight is 267 g/mol. The maximum absolute atomic E-state index is 11.7. The summed E-state index contributed by atoms with van der Waals surface area (Å²) < 4.78 is 0. The largest absolute Gasteiger partial charge is 0.481 e. The summed E-state index contributed by atoms with van der Waals surface area (Å²) in [5.74, 6) is 0.0837. The van der Waals surface area contributed by atoms with Crippen molar-refractivity contribution < 1.29 is 9.90 Å². The van der Waals surface area contributed by atoms with Crippen molar-refractivity contribution in [2.75, 3.05) is 0 Å². The van der Waals surface area contributed by atoms with E-state index in [9.17, 15) is 9.90 Å². The van der Waals surface area contributed by atoms with E-state index in [0.29, 0.717) is 6.42 Å². The van der Waals surface area contributed by atoms with Crippen LogP contribution < -0.4 is 0 Å². The first-order valence-corrected chi connectivity index (χ1v) is 7.58. The Kier molecular flexibility index (Phi) is 4.05. The van der Waals surface area contributed by atoms with Gasteiger partial charge in [-0.25, -0.2) is 4.98 Å². The van der Waals surface area contributed by atoms with E-state index in [1.54, 1.807) is 11.3 Å². The van der Waals surface area contributed by atoms with Gasteiger partial charge in [-0.15, -0.1) is 11.3 Å². The first-order valence-electron chi connectivity index (χ1n) is 6.70. The number of carboxylic acid groups (broad SMARTS) is 1. The average Bonchev–Trinajstić information content (AvgIpc) is 2.75. The van der Waals surface area contributed by atoms with E-state index in [4.69, 9.17) is 0 Å². The topological polar surface area (TPSA) is 50.2 Å². The third-order valence-electron chi connectivity index (χ3n) is 4.25. The molecule has 1 aliphatic rings. The van der Waals surface area contributed by atoms with Crippen LogP contribution in [0.25, 0.3) is 0 Å². The van der Waals surface area contributed by atoms with Gasteiger partial charge in [0.25, 0.3) is 0 Å². The third-order valence-corrected chi connectivity index (χ3v) is 5.22. The molecule has 0 radical (unpaired) electrons. The van der Waals surface area contributed by atoms with Gasteiger partial charge in [0.05, 0.1) is 10.4 Å². The zero-order valence-corrected chi connectivity index (χ0v) is 11.9. The number of carbonyl (C=O) groups is 1. The highest BCUT2D eigenvalue weighted by molar-refractivity contribution is 7.09. The number of carboxylic acids is 1. The molecule has 0 amide bonds. The van der Waals surface area contributed by atoms with Crippen LogP contribution in [0.2, 0.25) is 0 Å². The van der Waals surface area contributed by atoms with Crippen LogP contribution in [-0.2, 0) is 11.2 Å². The van der Waals surface area contributed by atoms with Gasteiger partial charge in [0.15, 0.2) is 0 Å². The van der Waals surface area contributed by atoms with Gasteiger partial charge >= 0.3 is 5.97 Å².